The number of nitrogens with one attached hydrogen (secondary N) is 1. The van der Waals surface area contributed by atoms with Gasteiger partial charge in [-0.1, -0.05) is 50.3 Å². The second kappa shape index (κ2) is 10.0. The van der Waals surface area contributed by atoms with Crippen molar-refractivity contribution in [3.8, 4) is 0 Å². The molecule has 0 aliphatic carbocycles. The fraction of sp³-hybridized carbons (Fsp3) is 0.500. The second-order valence-electron chi connectivity index (χ2n) is 5.51. The van der Waals surface area contributed by atoms with Crippen LogP contribution in [0.5, 0.6) is 0 Å². The Hall–Kier alpha value is -1.81. The average Bonchev–Trinajstić information content (AvgIpc) is 2.51. The molecule has 2 atom stereocenters. The summed E-state index contributed by atoms with van der Waals surface area (Å²) in [5, 5.41) is 2.82. The second-order valence-corrected chi connectivity index (χ2v) is 5.51. The molecule has 0 spiro atoms. The zero-order valence-corrected chi connectivity index (χ0v) is 13.7. The quantitative estimate of drug-likeness (QED) is 0.551. The Bertz CT molecular complexity index is 445. The number of ether oxygens (including phenoxy) is 2. The van der Waals surface area contributed by atoms with Gasteiger partial charge in [-0.3, -0.25) is 5.32 Å². The van der Waals surface area contributed by atoms with Crippen LogP contribution < -0.4 is 5.32 Å². The van der Waals surface area contributed by atoms with Crippen molar-refractivity contribution in [2.45, 2.75) is 40.0 Å². The minimum absolute atomic E-state index is 0.168. The third-order valence-electron chi connectivity index (χ3n) is 3.50. The molecule has 1 aromatic carbocycles. The van der Waals surface area contributed by atoms with Crippen LogP contribution in [0.1, 0.15) is 32.8 Å². The van der Waals surface area contributed by atoms with E-state index in [4.69, 9.17) is 9.47 Å². The van der Waals surface area contributed by atoms with Crippen LogP contribution in [0.4, 0.5) is 4.79 Å². The maximum Gasteiger partial charge on any atom is 0.409 e. The first-order valence-corrected chi connectivity index (χ1v) is 7.78. The van der Waals surface area contributed by atoms with Crippen LogP contribution in [-0.4, -0.2) is 18.9 Å². The van der Waals surface area contributed by atoms with Gasteiger partial charge in [0.25, 0.3) is 0 Å². The molecule has 0 aromatic heterocycles. The van der Waals surface area contributed by atoms with Gasteiger partial charge >= 0.3 is 6.09 Å². The Morgan fingerprint density at radius 1 is 1.32 bits per heavy atom. The van der Waals surface area contributed by atoms with E-state index in [0.29, 0.717) is 12.5 Å². The molecular formula is C18H27NO3. The molecule has 1 N–H and O–H groups in total. The Morgan fingerprint density at radius 3 is 2.55 bits per heavy atom. The summed E-state index contributed by atoms with van der Waals surface area (Å²) in [6.07, 6.45) is 1.80. The summed E-state index contributed by atoms with van der Waals surface area (Å²) in [7, 11) is 0. The summed E-state index contributed by atoms with van der Waals surface area (Å²) in [6, 6.07) is 9.60. The van der Waals surface area contributed by atoms with E-state index in [-0.39, 0.29) is 18.8 Å². The lowest BCUT2D eigenvalue weighted by molar-refractivity contribution is -0.0177. The van der Waals surface area contributed by atoms with Crippen molar-refractivity contribution < 1.29 is 14.3 Å². The van der Waals surface area contributed by atoms with Crippen LogP contribution in [-0.2, 0) is 16.1 Å². The standard InChI is InChI=1S/C18H27NO3/c1-5-10-16(14(3)4)17(21-6-2)19-18(20)22-13-15-11-8-7-9-12-15/h5,7-9,11-12,14,16-17H,1,6,10,13H2,2-4H3,(H,19,20). The predicted molar refractivity (Wildman–Crippen MR) is 88.3 cm³/mol. The number of carbonyl (C=O) groups excluding carboxylic acids is 1. The summed E-state index contributed by atoms with van der Waals surface area (Å²) in [4.78, 5) is 12.0. The van der Waals surface area contributed by atoms with E-state index in [2.05, 4.69) is 25.7 Å². The molecule has 0 saturated heterocycles. The first kappa shape index (κ1) is 18.2. The minimum atomic E-state index is -0.461. The van der Waals surface area contributed by atoms with Gasteiger partial charge in [-0.2, -0.15) is 0 Å². The Kier molecular flexibility index (Phi) is 8.30. The molecular weight excluding hydrogens is 278 g/mol. The molecule has 0 heterocycles. The summed E-state index contributed by atoms with van der Waals surface area (Å²) < 4.78 is 10.9. The van der Waals surface area contributed by atoms with E-state index < -0.39 is 6.09 Å². The fourth-order valence-electron chi connectivity index (χ4n) is 2.27. The van der Waals surface area contributed by atoms with E-state index in [0.717, 1.165) is 12.0 Å². The largest absolute Gasteiger partial charge is 0.445 e. The molecule has 22 heavy (non-hydrogen) atoms. The topological polar surface area (TPSA) is 47.6 Å². The average molecular weight is 305 g/mol. The maximum atomic E-state index is 12.0. The molecule has 1 amide bonds. The van der Waals surface area contributed by atoms with Crippen molar-refractivity contribution in [1.29, 1.82) is 0 Å². The van der Waals surface area contributed by atoms with Crippen LogP contribution in [0.2, 0.25) is 0 Å². The Morgan fingerprint density at radius 2 is 2.00 bits per heavy atom. The maximum absolute atomic E-state index is 12.0. The zero-order chi connectivity index (χ0) is 16.4. The van der Waals surface area contributed by atoms with Crippen molar-refractivity contribution in [3.63, 3.8) is 0 Å². The molecule has 122 valence electrons. The summed E-state index contributed by atoms with van der Waals surface area (Å²) >= 11 is 0. The molecule has 0 aliphatic rings. The number of hydrogen-bond donors (Lipinski definition) is 1. The smallest absolute Gasteiger partial charge is 0.409 e. The summed E-state index contributed by atoms with van der Waals surface area (Å²) in [5.74, 6) is 0.533. The highest BCUT2D eigenvalue weighted by Crippen LogP contribution is 2.21. The van der Waals surface area contributed by atoms with Crippen molar-refractivity contribution in [2.24, 2.45) is 11.8 Å². The normalized spacial score (nSPS) is 13.5. The first-order chi connectivity index (χ1) is 10.6. The third-order valence-corrected chi connectivity index (χ3v) is 3.50. The molecule has 0 fully saturated rings. The molecule has 0 bridgehead atoms. The van der Waals surface area contributed by atoms with Gasteiger partial charge in [0.05, 0.1) is 0 Å². The lowest BCUT2D eigenvalue weighted by atomic mass is 9.90. The molecule has 1 rings (SSSR count). The van der Waals surface area contributed by atoms with Crippen molar-refractivity contribution in [1.82, 2.24) is 5.32 Å². The van der Waals surface area contributed by atoms with Crippen molar-refractivity contribution in [2.75, 3.05) is 6.61 Å². The molecule has 0 aliphatic heterocycles. The number of alkyl carbamates (subject to hydrolysis) is 1. The number of carbonyl (C=O) groups is 1. The molecule has 1 aromatic rings. The zero-order valence-electron chi connectivity index (χ0n) is 13.7. The van der Waals surface area contributed by atoms with Gasteiger partial charge in [-0.15, -0.1) is 6.58 Å². The number of rotatable bonds is 9. The van der Waals surface area contributed by atoms with Gasteiger partial charge in [0.2, 0.25) is 0 Å². The fourth-order valence-corrected chi connectivity index (χ4v) is 2.27. The van der Waals surface area contributed by atoms with Gasteiger partial charge in [-0.05, 0) is 24.8 Å². The lowest BCUT2D eigenvalue weighted by Gasteiger charge is -2.29. The van der Waals surface area contributed by atoms with Crippen LogP contribution >= 0.6 is 0 Å². The number of amides is 1. The third kappa shape index (κ3) is 6.31. The van der Waals surface area contributed by atoms with E-state index >= 15 is 0 Å². The molecule has 4 heteroatoms. The van der Waals surface area contributed by atoms with Crippen molar-refractivity contribution >= 4 is 6.09 Å². The van der Waals surface area contributed by atoms with E-state index in [1.165, 1.54) is 0 Å². The molecule has 0 radical (unpaired) electrons. The predicted octanol–water partition coefficient (Wildman–Crippen LogP) is 4.12. The minimum Gasteiger partial charge on any atom is -0.445 e. The van der Waals surface area contributed by atoms with Crippen molar-refractivity contribution in [3.05, 3.63) is 48.6 Å². The Labute approximate surface area is 133 Å². The van der Waals surface area contributed by atoms with Gasteiger partial charge in [0, 0.05) is 12.5 Å². The number of allylic oxidation sites excluding steroid dienone is 1. The van der Waals surface area contributed by atoms with E-state index in [1.807, 2.05) is 43.3 Å². The SMILES string of the molecule is C=CCC(C(C)C)C(NC(=O)OCc1ccccc1)OCC. The van der Waals surface area contributed by atoms with Gasteiger partial charge in [-0.25, -0.2) is 4.79 Å². The Balaban J connectivity index is 2.57. The van der Waals surface area contributed by atoms with Crippen LogP contribution in [0.15, 0.2) is 43.0 Å². The van der Waals surface area contributed by atoms with Gasteiger partial charge < -0.3 is 9.47 Å². The van der Waals surface area contributed by atoms with E-state index in [1.54, 1.807) is 0 Å². The summed E-state index contributed by atoms with van der Waals surface area (Å²) in [5.41, 5.74) is 0.956. The van der Waals surface area contributed by atoms with Crippen LogP contribution in [0, 0.1) is 11.8 Å². The number of benzene rings is 1. The monoisotopic (exact) mass is 305 g/mol. The highest BCUT2D eigenvalue weighted by Gasteiger charge is 2.26. The highest BCUT2D eigenvalue weighted by atomic mass is 16.6. The van der Waals surface area contributed by atoms with Gasteiger partial charge in [0.15, 0.2) is 0 Å². The highest BCUT2D eigenvalue weighted by molar-refractivity contribution is 5.67. The first-order valence-electron chi connectivity index (χ1n) is 7.78. The summed E-state index contributed by atoms with van der Waals surface area (Å²) in [6.45, 7) is 10.7. The van der Waals surface area contributed by atoms with Gasteiger partial charge in [0.1, 0.15) is 12.8 Å². The van der Waals surface area contributed by atoms with Crippen LogP contribution in [0.25, 0.3) is 0 Å². The lowest BCUT2D eigenvalue weighted by Crippen LogP contribution is -2.44. The van der Waals surface area contributed by atoms with Crippen LogP contribution in [0.3, 0.4) is 0 Å². The number of hydrogen-bond acceptors (Lipinski definition) is 3. The molecule has 4 nitrogen and oxygen atoms in total. The molecule has 0 saturated carbocycles. The van der Waals surface area contributed by atoms with E-state index in [9.17, 15) is 4.79 Å². The molecule has 2 unspecified atom stereocenters.